The Morgan fingerprint density at radius 1 is 1.09 bits per heavy atom. The molecule has 8 nitrogen and oxygen atoms in total. The zero-order valence-corrected chi connectivity index (χ0v) is 16.9. The van der Waals surface area contributed by atoms with Crippen LogP contribution in [0.25, 0.3) is 11.4 Å². The van der Waals surface area contributed by atoms with Gasteiger partial charge in [0.1, 0.15) is 23.2 Å². The van der Waals surface area contributed by atoms with E-state index < -0.39 is 6.36 Å². The Bertz CT molecular complexity index is 1110. The van der Waals surface area contributed by atoms with Crippen molar-refractivity contribution in [3.8, 4) is 17.1 Å². The van der Waals surface area contributed by atoms with Crippen LogP contribution in [0, 0.1) is 5.41 Å². The lowest BCUT2D eigenvalue weighted by Crippen LogP contribution is -2.54. The third-order valence-corrected chi connectivity index (χ3v) is 5.62. The molecule has 2 saturated heterocycles. The van der Waals surface area contributed by atoms with Gasteiger partial charge in [-0.15, -0.1) is 13.2 Å². The fraction of sp³-hybridized carbons (Fsp3) is 0.333. The number of halogens is 3. The molecule has 0 saturated carbocycles. The van der Waals surface area contributed by atoms with E-state index in [1.54, 1.807) is 24.5 Å². The number of pyridine rings is 2. The molecule has 0 bridgehead atoms. The van der Waals surface area contributed by atoms with E-state index in [-0.39, 0.29) is 17.0 Å². The summed E-state index contributed by atoms with van der Waals surface area (Å²) in [5, 5.41) is 6.32. The van der Waals surface area contributed by atoms with Gasteiger partial charge in [-0.25, -0.2) is 15.0 Å². The van der Waals surface area contributed by atoms with E-state index >= 15 is 0 Å². The van der Waals surface area contributed by atoms with Crippen molar-refractivity contribution in [2.45, 2.75) is 12.8 Å². The zero-order valence-electron chi connectivity index (χ0n) is 16.9. The monoisotopic (exact) mass is 443 g/mol. The third kappa shape index (κ3) is 4.42. The van der Waals surface area contributed by atoms with E-state index in [2.05, 4.69) is 35.2 Å². The highest BCUT2D eigenvalue weighted by atomic mass is 19.4. The Hall–Kier alpha value is -3.47. The minimum absolute atomic E-state index is 0.176. The van der Waals surface area contributed by atoms with Crippen LogP contribution in [0.5, 0.6) is 5.75 Å². The molecule has 3 aromatic heterocycles. The summed E-state index contributed by atoms with van der Waals surface area (Å²) in [6, 6.07) is 7.74. The molecule has 0 aliphatic carbocycles. The van der Waals surface area contributed by atoms with E-state index in [0.717, 1.165) is 50.0 Å². The number of nitrogens with one attached hydrogen (secondary N) is 2. The molecule has 2 N–H and O–H groups in total. The van der Waals surface area contributed by atoms with Gasteiger partial charge in [-0.05, 0) is 24.6 Å². The molecule has 2 aliphatic heterocycles. The predicted octanol–water partition coefficient (Wildman–Crippen LogP) is 3.38. The molecule has 166 valence electrons. The van der Waals surface area contributed by atoms with Crippen molar-refractivity contribution in [2.75, 3.05) is 36.4 Å². The molecule has 3 aromatic rings. The molecular formula is C21H20F3N7O. The van der Waals surface area contributed by atoms with Crippen molar-refractivity contribution in [3.63, 3.8) is 0 Å². The van der Waals surface area contributed by atoms with Crippen molar-refractivity contribution in [2.24, 2.45) is 5.41 Å². The number of hydrogen-bond donors (Lipinski definition) is 2. The zero-order chi connectivity index (χ0) is 22.2. The lowest BCUT2D eigenvalue weighted by molar-refractivity contribution is -0.274. The van der Waals surface area contributed by atoms with Crippen molar-refractivity contribution >= 4 is 17.5 Å². The summed E-state index contributed by atoms with van der Waals surface area (Å²) in [6.07, 6.45) is 0.863. The lowest BCUT2D eigenvalue weighted by Gasteiger charge is -2.39. The van der Waals surface area contributed by atoms with Gasteiger partial charge in [0.15, 0.2) is 5.82 Å². The normalized spacial score (nSPS) is 17.3. The second kappa shape index (κ2) is 7.90. The third-order valence-electron chi connectivity index (χ3n) is 5.62. The van der Waals surface area contributed by atoms with Gasteiger partial charge in [-0.2, -0.15) is 0 Å². The molecule has 0 unspecified atom stereocenters. The number of ether oxygens (including phenoxy) is 1. The van der Waals surface area contributed by atoms with Crippen LogP contribution < -0.4 is 20.3 Å². The number of aromatic nitrogens is 4. The molecular weight excluding hydrogens is 423 g/mol. The van der Waals surface area contributed by atoms with E-state index in [1.807, 2.05) is 6.07 Å². The van der Waals surface area contributed by atoms with Gasteiger partial charge >= 0.3 is 6.36 Å². The van der Waals surface area contributed by atoms with Gasteiger partial charge in [0.05, 0.1) is 0 Å². The van der Waals surface area contributed by atoms with Crippen molar-refractivity contribution < 1.29 is 17.9 Å². The highest BCUT2D eigenvalue weighted by molar-refractivity contribution is 5.64. The summed E-state index contributed by atoms with van der Waals surface area (Å²) in [5.74, 6) is 1.44. The number of alkyl halides is 3. The van der Waals surface area contributed by atoms with Crippen LogP contribution >= 0.6 is 0 Å². The average molecular weight is 443 g/mol. The van der Waals surface area contributed by atoms with E-state index in [9.17, 15) is 13.2 Å². The maximum absolute atomic E-state index is 12.6. The predicted molar refractivity (Wildman–Crippen MR) is 112 cm³/mol. The number of anilines is 3. The standard InChI is InChI=1S/C21H20F3N7O/c22-21(23,24)32-15-3-6-27-16(8-15)28-17-9-18(31-7-4-20(13-31)11-26-12-20)30-19(29-17)14-2-1-5-25-10-14/h1-3,5-6,8-10,26H,4,7,11-13H2,(H,27,28,29,30). The van der Waals surface area contributed by atoms with Crippen molar-refractivity contribution in [1.29, 1.82) is 0 Å². The Kier molecular flexibility index (Phi) is 5.04. The molecule has 2 aliphatic rings. The number of rotatable bonds is 5. The molecule has 32 heavy (non-hydrogen) atoms. The quantitative estimate of drug-likeness (QED) is 0.621. The molecule has 11 heteroatoms. The largest absolute Gasteiger partial charge is 0.573 e. The second-order valence-corrected chi connectivity index (χ2v) is 8.00. The van der Waals surface area contributed by atoms with Gasteiger partial charge in [0.25, 0.3) is 0 Å². The fourth-order valence-corrected chi connectivity index (χ4v) is 3.99. The van der Waals surface area contributed by atoms with Crippen LogP contribution in [-0.2, 0) is 0 Å². The molecule has 0 atom stereocenters. The van der Waals surface area contributed by atoms with Crippen LogP contribution in [0.4, 0.5) is 30.6 Å². The summed E-state index contributed by atoms with van der Waals surface area (Å²) >= 11 is 0. The van der Waals surface area contributed by atoms with E-state index in [4.69, 9.17) is 4.98 Å². The maximum atomic E-state index is 12.6. The molecule has 1 spiro atoms. The smallest absolute Gasteiger partial charge is 0.406 e. The van der Waals surface area contributed by atoms with Crippen molar-refractivity contribution in [3.05, 3.63) is 48.9 Å². The highest BCUT2D eigenvalue weighted by Gasteiger charge is 2.43. The first-order valence-electron chi connectivity index (χ1n) is 10.1. The van der Waals surface area contributed by atoms with Crippen LogP contribution in [0.2, 0.25) is 0 Å². The van der Waals surface area contributed by atoms with Crippen LogP contribution in [-0.4, -0.2) is 52.5 Å². The number of hydrogen-bond acceptors (Lipinski definition) is 8. The van der Waals surface area contributed by atoms with E-state index in [0.29, 0.717) is 11.6 Å². The lowest BCUT2D eigenvalue weighted by atomic mass is 9.81. The minimum Gasteiger partial charge on any atom is -0.406 e. The SMILES string of the molecule is FC(F)(F)Oc1ccnc(Nc2cc(N3CCC4(CNC4)C3)nc(-c3cccnc3)n2)c1. The van der Waals surface area contributed by atoms with E-state index in [1.165, 1.54) is 12.3 Å². The molecule has 0 amide bonds. The first-order chi connectivity index (χ1) is 15.4. The fourth-order valence-electron chi connectivity index (χ4n) is 3.99. The average Bonchev–Trinajstić information content (AvgIpc) is 3.20. The van der Waals surface area contributed by atoms with Gasteiger partial charge < -0.3 is 20.3 Å². The van der Waals surface area contributed by atoms with Crippen LogP contribution in [0.3, 0.4) is 0 Å². The van der Waals surface area contributed by atoms with Crippen LogP contribution in [0.1, 0.15) is 6.42 Å². The molecule has 5 rings (SSSR count). The summed E-state index contributed by atoms with van der Waals surface area (Å²) < 4.78 is 41.7. The minimum atomic E-state index is -4.78. The second-order valence-electron chi connectivity index (χ2n) is 8.00. The van der Waals surface area contributed by atoms with Gasteiger partial charge in [0, 0.05) is 67.9 Å². The number of nitrogens with zero attached hydrogens (tertiary/aromatic N) is 5. The van der Waals surface area contributed by atoms with Gasteiger partial charge in [-0.3, -0.25) is 4.98 Å². The maximum Gasteiger partial charge on any atom is 0.573 e. The van der Waals surface area contributed by atoms with Gasteiger partial charge in [-0.1, -0.05) is 0 Å². The molecule has 2 fully saturated rings. The summed E-state index contributed by atoms with van der Waals surface area (Å²) in [6.45, 7) is 3.74. The first kappa shape index (κ1) is 20.4. The Balaban J connectivity index is 1.46. The first-order valence-corrected chi connectivity index (χ1v) is 10.1. The van der Waals surface area contributed by atoms with Crippen LogP contribution in [0.15, 0.2) is 48.9 Å². The topological polar surface area (TPSA) is 88.1 Å². The molecule has 0 radical (unpaired) electrons. The molecule has 0 aromatic carbocycles. The Labute approximate surface area is 181 Å². The summed E-state index contributed by atoms with van der Waals surface area (Å²) in [5.41, 5.74) is 1.01. The molecule has 5 heterocycles. The highest BCUT2D eigenvalue weighted by Crippen LogP contribution is 2.37. The van der Waals surface area contributed by atoms with Gasteiger partial charge in [0.2, 0.25) is 0 Å². The Morgan fingerprint density at radius 2 is 1.97 bits per heavy atom. The summed E-state index contributed by atoms with van der Waals surface area (Å²) in [4.78, 5) is 19.7. The van der Waals surface area contributed by atoms with Crippen molar-refractivity contribution in [1.82, 2.24) is 25.3 Å². The summed E-state index contributed by atoms with van der Waals surface area (Å²) in [7, 11) is 0. The Morgan fingerprint density at radius 3 is 2.66 bits per heavy atom.